The largest absolute Gasteiger partial charge is 0.351 e. The van der Waals surface area contributed by atoms with Crippen LogP contribution in [0.1, 0.15) is 20.3 Å². The van der Waals surface area contributed by atoms with E-state index in [9.17, 15) is 23.3 Å². The van der Waals surface area contributed by atoms with Crippen LogP contribution in [-0.2, 0) is 28.9 Å². The van der Waals surface area contributed by atoms with Crippen LogP contribution >= 0.6 is 12.0 Å². The van der Waals surface area contributed by atoms with Gasteiger partial charge in [-0.1, -0.05) is 18.9 Å². The normalized spacial score (nSPS) is 12.9. The molecule has 2 aromatic rings. The summed E-state index contributed by atoms with van der Waals surface area (Å²) in [5.41, 5.74) is -0.303. The van der Waals surface area contributed by atoms with Gasteiger partial charge in [-0.25, -0.2) is 18.4 Å². The first-order chi connectivity index (χ1) is 19.1. The molecule has 0 spiro atoms. The number of ketones is 1. The monoisotopic (exact) mass is 598 g/mol. The molecular weight excluding hydrogens is 568 g/mol. The first kappa shape index (κ1) is 33.0. The van der Waals surface area contributed by atoms with Crippen LogP contribution in [0.25, 0.3) is 0 Å². The van der Waals surface area contributed by atoms with E-state index < -0.39 is 32.6 Å². The number of nitrogens with zero attached hydrogens (tertiary/aromatic N) is 5. The number of methoxy groups -OCH3 is 1. The van der Waals surface area contributed by atoms with E-state index in [0.29, 0.717) is 30.7 Å². The molecule has 40 heavy (non-hydrogen) atoms. The second-order valence-electron chi connectivity index (χ2n) is 7.87. The van der Waals surface area contributed by atoms with Gasteiger partial charge in [-0.2, -0.15) is 0 Å². The van der Waals surface area contributed by atoms with Crippen molar-refractivity contribution >= 4 is 51.1 Å². The third kappa shape index (κ3) is 10.4. The molecule has 0 amide bonds. The van der Waals surface area contributed by atoms with Crippen molar-refractivity contribution in [1.29, 1.82) is 0 Å². The van der Waals surface area contributed by atoms with Crippen LogP contribution in [0.15, 0.2) is 67.5 Å². The summed E-state index contributed by atoms with van der Waals surface area (Å²) in [6.07, 6.45) is 0.169. The number of carbonyl (C=O) groups is 1. The molecule has 1 atom stereocenters. The molecule has 17 heteroatoms. The number of nitro benzene ring substituents is 1. The Kier molecular flexibility index (Phi) is 13.9. The lowest BCUT2D eigenvalue weighted by molar-refractivity contribution is -0.432. The van der Waals surface area contributed by atoms with E-state index in [1.165, 1.54) is 43.5 Å². The maximum Gasteiger partial charge on any atom is 0.297 e. The molecule has 0 heterocycles. The molecule has 0 aliphatic rings. The van der Waals surface area contributed by atoms with Crippen LogP contribution in [0.2, 0.25) is 0 Å². The molecule has 0 saturated carbocycles. The van der Waals surface area contributed by atoms with Gasteiger partial charge in [0.1, 0.15) is 0 Å². The summed E-state index contributed by atoms with van der Waals surface area (Å²) >= 11 is 0.524. The predicted octanol–water partition coefficient (Wildman–Crippen LogP) is 4.06. The predicted molar refractivity (Wildman–Crippen MR) is 146 cm³/mol. The zero-order valence-corrected chi connectivity index (χ0v) is 23.6. The van der Waals surface area contributed by atoms with Gasteiger partial charge in [0.05, 0.1) is 33.8 Å². The summed E-state index contributed by atoms with van der Waals surface area (Å²) in [7, 11) is -2.50. The maximum absolute atomic E-state index is 12.5. The molecule has 0 fully saturated rings. The highest BCUT2D eigenvalue weighted by Crippen LogP contribution is 2.33. The van der Waals surface area contributed by atoms with E-state index in [1.807, 2.05) is 13.8 Å². The quantitative estimate of drug-likeness (QED) is 0.0478. The standard InChI is InChI=1S/C23H30N6O9S2/c1-4-28(5-2)14-6-13-25-40(34,35)19-10-7-17(8-11-19)24-16-22(30)23(36-3)27-26-20-12-9-18(39-38-37-33)15-21(20)29(31)32/h7-12,15-16,23,25,33H,4-6,13-14H2,1-3H3. The van der Waals surface area contributed by atoms with E-state index in [0.717, 1.165) is 31.9 Å². The third-order valence-electron chi connectivity index (χ3n) is 5.37. The number of hydrogen-bond donors (Lipinski definition) is 2. The number of azo groups is 1. The fraction of sp³-hybridized carbons (Fsp3) is 0.391. The van der Waals surface area contributed by atoms with Gasteiger partial charge in [-0.15, -0.1) is 14.6 Å². The highest BCUT2D eigenvalue weighted by molar-refractivity contribution is 7.94. The summed E-state index contributed by atoms with van der Waals surface area (Å²) in [5.74, 6) is -0.707. The summed E-state index contributed by atoms with van der Waals surface area (Å²) in [6.45, 7) is 6.99. The highest BCUT2D eigenvalue weighted by atomic mass is 32.2. The Morgan fingerprint density at radius 3 is 2.52 bits per heavy atom. The average Bonchev–Trinajstić information content (AvgIpc) is 2.95. The number of carbonyl (C=O) groups excluding carboxylic acids is 1. The van der Waals surface area contributed by atoms with Crippen LogP contribution in [0.4, 0.5) is 17.1 Å². The number of rotatable bonds is 18. The van der Waals surface area contributed by atoms with Crippen LogP contribution < -0.4 is 4.72 Å². The van der Waals surface area contributed by atoms with E-state index in [2.05, 4.69) is 34.2 Å². The zero-order valence-electron chi connectivity index (χ0n) is 22.0. The summed E-state index contributed by atoms with van der Waals surface area (Å²) in [4.78, 5) is 29.7. The third-order valence-corrected chi connectivity index (χ3v) is 7.42. The molecule has 1 unspecified atom stereocenters. The minimum Gasteiger partial charge on any atom is -0.351 e. The van der Waals surface area contributed by atoms with Crippen LogP contribution in [0.5, 0.6) is 0 Å². The Morgan fingerprint density at radius 1 is 1.23 bits per heavy atom. The SMILES string of the molecule is CCN(CC)CCCNS(=O)(=O)c1ccc(N=CC(=O)C(N=Nc2ccc(SOOO)cc2[N+](=O)[O-])OC)cc1. The van der Waals surface area contributed by atoms with Crippen molar-refractivity contribution in [2.45, 2.75) is 36.3 Å². The van der Waals surface area contributed by atoms with Gasteiger partial charge in [0.25, 0.3) is 5.69 Å². The van der Waals surface area contributed by atoms with Crippen molar-refractivity contribution in [3.05, 3.63) is 52.6 Å². The van der Waals surface area contributed by atoms with Crippen molar-refractivity contribution in [3.63, 3.8) is 0 Å². The minimum atomic E-state index is -3.70. The van der Waals surface area contributed by atoms with Gasteiger partial charge in [-0.05, 0) is 62.5 Å². The van der Waals surface area contributed by atoms with Gasteiger partial charge in [0.2, 0.25) is 22.0 Å². The molecule has 0 aromatic heterocycles. The summed E-state index contributed by atoms with van der Waals surface area (Å²) in [6, 6.07) is 9.37. The van der Waals surface area contributed by atoms with Gasteiger partial charge < -0.3 is 9.64 Å². The van der Waals surface area contributed by atoms with Gasteiger partial charge in [-0.3, -0.25) is 19.9 Å². The molecule has 0 aliphatic heterocycles. The first-order valence-corrected chi connectivity index (χ1v) is 14.1. The number of hydrogen-bond acceptors (Lipinski definition) is 14. The Morgan fingerprint density at radius 2 is 1.93 bits per heavy atom. The molecule has 0 aliphatic carbocycles. The number of nitrogens with one attached hydrogen (secondary N) is 1. The van der Waals surface area contributed by atoms with Crippen LogP contribution in [0, 0.1) is 10.1 Å². The van der Waals surface area contributed by atoms with Crippen molar-refractivity contribution in [2.24, 2.45) is 15.2 Å². The maximum atomic E-state index is 12.5. The van der Waals surface area contributed by atoms with E-state index >= 15 is 0 Å². The van der Waals surface area contributed by atoms with Gasteiger partial charge >= 0.3 is 0 Å². The number of sulfonamides is 1. The van der Waals surface area contributed by atoms with Crippen molar-refractivity contribution in [2.75, 3.05) is 33.3 Å². The fourth-order valence-electron chi connectivity index (χ4n) is 3.22. The van der Waals surface area contributed by atoms with Gasteiger partial charge in [0.15, 0.2) is 5.69 Å². The lowest BCUT2D eigenvalue weighted by atomic mass is 10.3. The highest BCUT2D eigenvalue weighted by Gasteiger charge is 2.19. The van der Waals surface area contributed by atoms with E-state index in [1.54, 1.807) is 0 Å². The van der Waals surface area contributed by atoms with Crippen molar-refractivity contribution < 1.29 is 37.5 Å². The Hall–Kier alpha value is -3.16. The lowest BCUT2D eigenvalue weighted by Gasteiger charge is -2.17. The number of aliphatic imine (C=N–C) groups is 1. The molecule has 0 saturated heterocycles. The molecule has 2 N–H and O–H groups in total. The number of nitro groups is 1. The topological polar surface area (TPSA) is 195 Å². The van der Waals surface area contributed by atoms with Crippen LogP contribution in [-0.4, -0.2) is 75.0 Å². The number of benzene rings is 2. The zero-order chi connectivity index (χ0) is 29.5. The molecule has 0 bridgehead atoms. The van der Waals surface area contributed by atoms with Gasteiger partial charge in [0, 0.05) is 24.6 Å². The van der Waals surface area contributed by atoms with Crippen LogP contribution in [0.3, 0.4) is 0 Å². The molecular formula is C23H30N6O9S2. The Bertz CT molecular complexity index is 1290. The average molecular weight is 599 g/mol. The smallest absolute Gasteiger partial charge is 0.297 e. The van der Waals surface area contributed by atoms with Crippen molar-refractivity contribution in [1.82, 2.24) is 9.62 Å². The lowest BCUT2D eigenvalue weighted by Crippen LogP contribution is -2.29. The minimum absolute atomic E-state index is 0.0608. The second kappa shape index (κ2) is 16.8. The molecule has 2 aromatic carbocycles. The Labute approximate surface area is 235 Å². The van der Waals surface area contributed by atoms with E-state index in [4.69, 9.17) is 9.99 Å². The fourth-order valence-corrected chi connectivity index (χ4v) is 4.69. The number of ether oxygens (including phenoxy) is 1. The molecule has 218 valence electrons. The first-order valence-electron chi connectivity index (χ1n) is 11.9. The molecule has 15 nitrogen and oxygen atoms in total. The summed E-state index contributed by atoms with van der Waals surface area (Å²) in [5, 5.41) is 30.5. The van der Waals surface area contributed by atoms with E-state index in [-0.39, 0.29) is 15.5 Å². The summed E-state index contributed by atoms with van der Waals surface area (Å²) < 4.78 is 36.9. The molecule has 0 radical (unpaired) electrons. The molecule has 2 rings (SSSR count). The Balaban J connectivity index is 2.02. The van der Waals surface area contributed by atoms with Crippen molar-refractivity contribution in [3.8, 4) is 0 Å². The second-order valence-corrected chi connectivity index (χ2v) is 10.4. The number of Topliss-reactive ketones (excluding diaryl/α,β-unsaturated/α-hetero) is 1.